The minimum atomic E-state index is -1.07. The highest BCUT2D eigenvalue weighted by atomic mass is 16.4. The number of aromatic carboxylic acids is 1. The maximum atomic E-state index is 10.7. The van der Waals surface area contributed by atoms with E-state index in [0.717, 1.165) is 5.56 Å². The summed E-state index contributed by atoms with van der Waals surface area (Å²) in [6, 6.07) is 9.88. The number of carboxylic acid groups (broad SMARTS) is 1. The molecule has 92 valence electrons. The van der Waals surface area contributed by atoms with Crippen LogP contribution in [0.2, 0.25) is 0 Å². The highest BCUT2D eigenvalue weighted by Gasteiger charge is 2.08. The normalized spacial score (nSPS) is 10.1. The Balaban J connectivity index is 2.08. The third-order valence-corrected chi connectivity index (χ3v) is 2.47. The summed E-state index contributed by atoms with van der Waals surface area (Å²) in [5.74, 6) is -0.468. The number of nitrogens with one attached hydrogen (secondary N) is 1. The molecule has 0 amide bonds. The molecule has 5 nitrogen and oxygen atoms in total. The van der Waals surface area contributed by atoms with Crippen molar-refractivity contribution in [2.75, 3.05) is 5.32 Å². The lowest BCUT2D eigenvalue weighted by molar-refractivity contribution is 0.0690. The van der Waals surface area contributed by atoms with Gasteiger partial charge in [0.05, 0.1) is 11.9 Å². The summed E-state index contributed by atoms with van der Waals surface area (Å²) in [5.41, 5.74) is 1.66. The maximum absolute atomic E-state index is 10.7. The van der Waals surface area contributed by atoms with Crippen LogP contribution in [0.4, 0.5) is 5.82 Å². The smallest absolute Gasteiger partial charge is 0.356 e. The lowest BCUT2D eigenvalue weighted by Crippen LogP contribution is -2.08. The molecule has 0 aliphatic rings. The van der Waals surface area contributed by atoms with Gasteiger partial charge in [-0.2, -0.15) is 0 Å². The Labute approximate surface area is 105 Å². The van der Waals surface area contributed by atoms with Crippen molar-refractivity contribution in [1.29, 1.82) is 0 Å². The molecule has 0 atom stereocenters. The second kappa shape index (κ2) is 5.27. The average Bonchev–Trinajstić information content (AvgIpc) is 2.38. The molecule has 0 unspecified atom stereocenters. The zero-order valence-corrected chi connectivity index (χ0v) is 9.92. The highest BCUT2D eigenvalue weighted by Crippen LogP contribution is 2.10. The number of carboxylic acids is 1. The lowest BCUT2D eigenvalue weighted by atomic mass is 10.2. The number of anilines is 1. The maximum Gasteiger partial charge on any atom is 0.356 e. The monoisotopic (exact) mass is 243 g/mol. The number of aromatic nitrogens is 2. The molecule has 0 spiro atoms. The van der Waals surface area contributed by atoms with E-state index in [2.05, 4.69) is 15.3 Å². The summed E-state index contributed by atoms with van der Waals surface area (Å²) >= 11 is 0. The van der Waals surface area contributed by atoms with Gasteiger partial charge in [-0.25, -0.2) is 14.8 Å². The van der Waals surface area contributed by atoms with Crippen LogP contribution in [0.25, 0.3) is 0 Å². The Hall–Kier alpha value is -2.43. The van der Waals surface area contributed by atoms with Crippen molar-refractivity contribution < 1.29 is 9.90 Å². The molecule has 0 aliphatic heterocycles. The van der Waals surface area contributed by atoms with Crippen LogP contribution < -0.4 is 5.32 Å². The minimum absolute atomic E-state index is 0.0437. The first-order valence-corrected chi connectivity index (χ1v) is 5.51. The van der Waals surface area contributed by atoms with Crippen molar-refractivity contribution >= 4 is 11.8 Å². The fourth-order valence-corrected chi connectivity index (χ4v) is 1.54. The minimum Gasteiger partial charge on any atom is -0.476 e. The molecule has 18 heavy (non-hydrogen) atoms. The van der Waals surface area contributed by atoms with Gasteiger partial charge in [0.2, 0.25) is 0 Å². The summed E-state index contributed by atoms with van der Waals surface area (Å²) in [5, 5.41) is 11.9. The molecular formula is C13H13N3O2. The molecule has 0 saturated heterocycles. The average molecular weight is 243 g/mol. The molecule has 0 radical (unpaired) electrons. The molecule has 2 N–H and O–H groups in total. The van der Waals surface area contributed by atoms with Crippen molar-refractivity contribution in [3.05, 3.63) is 53.5 Å². The van der Waals surface area contributed by atoms with Crippen LogP contribution >= 0.6 is 0 Å². The zero-order chi connectivity index (χ0) is 13.0. The van der Waals surface area contributed by atoms with Crippen molar-refractivity contribution in [3.8, 4) is 0 Å². The van der Waals surface area contributed by atoms with E-state index >= 15 is 0 Å². The Morgan fingerprint density at radius 1 is 1.33 bits per heavy atom. The van der Waals surface area contributed by atoms with E-state index in [1.54, 1.807) is 6.92 Å². The van der Waals surface area contributed by atoms with Gasteiger partial charge >= 0.3 is 5.97 Å². The van der Waals surface area contributed by atoms with Crippen molar-refractivity contribution in [2.45, 2.75) is 13.5 Å². The number of hydrogen-bond donors (Lipinski definition) is 2. The van der Waals surface area contributed by atoms with Gasteiger partial charge in [-0.15, -0.1) is 0 Å². The molecule has 5 heteroatoms. The summed E-state index contributed by atoms with van der Waals surface area (Å²) in [7, 11) is 0. The molecule has 1 aromatic heterocycles. The summed E-state index contributed by atoms with van der Waals surface area (Å²) < 4.78 is 0. The number of rotatable bonds is 4. The molecule has 2 rings (SSSR count). The van der Waals surface area contributed by atoms with Crippen molar-refractivity contribution in [2.24, 2.45) is 0 Å². The first kappa shape index (κ1) is 12.0. The van der Waals surface area contributed by atoms with Crippen LogP contribution in [-0.4, -0.2) is 21.0 Å². The second-order valence-corrected chi connectivity index (χ2v) is 3.83. The standard InChI is InChI=1S/C13H13N3O2/c1-9-12(15-8-11(16-9)13(17)18)14-7-10-5-3-2-4-6-10/h2-6,8H,7H2,1H3,(H,14,15)(H,17,18). The van der Waals surface area contributed by atoms with Crippen LogP contribution in [0.15, 0.2) is 36.5 Å². The van der Waals surface area contributed by atoms with Gasteiger partial charge in [-0.1, -0.05) is 30.3 Å². The fraction of sp³-hybridized carbons (Fsp3) is 0.154. The summed E-state index contributed by atoms with van der Waals surface area (Å²) in [6.45, 7) is 2.36. The SMILES string of the molecule is Cc1nc(C(=O)O)cnc1NCc1ccccc1. The number of aryl methyl sites for hydroxylation is 1. The van der Waals surface area contributed by atoms with E-state index < -0.39 is 5.97 Å². The quantitative estimate of drug-likeness (QED) is 0.860. The first-order chi connectivity index (χ1) is 8.66. The molecule has 1 heterocycles. The Bertz CT molecular complexity index is 555. The topological polar surface area (TPSA) is 75.1 Å². The Morgan fingerprint density at radius 3 is 2.67 bits per heavy atom. The van der Waals surface area contributed by atoms with Gasteiger partial charge in [-0.3, -0.25) is 0 Å². The molecule has 0 aliphatic carbocycles. The van der Waals surface area contributed by atoms with Gasteiger partial charge in [0.25, 0.3) is 0 Å². The van der Waals surface area contributed by atoms with Crippen LogP contribution in [0.1, 0.15) is 21.7 Å². The van der Waals surface area contributed by atoms with E-state index in [1.165, 1.54) is 6.20 Å². The number of nitrogens with zero attached hydrogens (tertiary/aromatic N) is 2. The Kier molecular flexibility index (Phi) is 3.52. The van der Waals surface area contributed by atoms with Crippen LogP contribution in [0, 0.1) is 6.92 Å². The van der Waals surface area contributed by atoms with Gasteiger partial charge in [-0.05, 0) is 12.5 Å². The summed E-state index contributed by atoms with van der Waals surface area (Å²) in [6.07, 6.45) is 1.25. The summed E-state index contributed by atoms with van der Waals surface area (Å²) in [4.78, 5) is 18.7. The van der Waals surface area contributed by atoms with E-state index in [9.17, 15) is 4.79 Å². The molecule has 0 fully saturated rings. The van der Waals surface area contributed by atoms with Gasteiger partial charge in [0.1, 0.15) is 5.82 Å². The molecule has 2 aromatic rings. The van der Waals surface area contributed by atoms with Gasteiger partial charge in [0.15, 0.2) is 5.69 Å². The number of carbonyl (C=O) groups is 1. The van der Waals surface area contributed by atoms with Crippen molar-refractivity contribution in [1.82, 2.24) is 9.97 Å². The van der Waals surface area contributed by atoms with Gasteiger partial charge < -0.3 is 10.4 Å². The largest absolute Gasteiger partial charge is 0.476 e. The first-order valence-electron chi connectivity index (χ1n) is 5.51. The number of benzene rings is 1. The second-order valence-electron chi connectivity index (χ2n) is 3.83. The molecular weight excluding hydrogens is 230 g/mol. The van der Waals surface area contributed by atoms with Crippen LogP contribution in [0.5, 0.6) is 0 Å². The number of hydrogen-bond acceptors (Lipinski definition) is 4. The zero-order valence-electron chi connectivity index (χ0n) is 9.92. The lowest BCUT2D eigenvalue weighted by Gasteiger charge is -2.08. The molecule has 1 aromatic carbocycles. The fourth-order valence-electron chi connectivity index (χ4n) is 1.54. The van der Waals surface area contributed by atoms with Crippen LogP contribution in [0.3, 0.4) is 0 Å². The third kappa shape index (κ3) is 2.82. The van der Waals surface area contributed by atoms with Crippen molar-refractivity contribution in [3.63, 3.8) is 0 Å². The molecule has 0 saturated carbocycles. The highest BCUT2D eigenvalue weighted by molar-refractivity contribution is 5.85. The molecule has 0 bridgehead atoms. The van der Waals surface area contributed by atoms with Gasteiger partial charge in [0, 0.05) is 6.54 Å². The predicted molar refractivity (Wildman–Crippen MR) is 67.5 cm³/mol. The van der Waals surface area contributed by atoms with E-state index in [0.29, 0.717) is 18.1 Å². The van der Waals surface area contributed by atoms with E-state index in [1.807, 2.05) is 30.3 Å². The predicted octanol–water partition coefficient (Wildman–Crippen LogP) is 2.10. The van der Waals surface area contributed by atoms with Crippen LogP contribution in [-0.2, 0) is 6.54 Å². The van der Waals surface area contributed by atoms with E-state index in [4.69, 9.17) is 5.11 Å². The third-order valence-electron chi connectivity index (χ3n) is 2.47. The van der Waals surface area contributed by atoms with E-state index in [-0.39, 0.29) is 5.69 Å². The Morgan fingerprint density at radius 2 is 2.06 bits per heavy atom.